The van der Waals surface area contributed by atoms with Crippen LogP contribution < -0.4 is 15.0 Å². The zero-order valence-electron chi connectivity index (χ0n) is 20.3. The highest BCUT2D eigenvalue weighted by atomic mass is 32.2. The highest BCUT2D eigenvalue weighted by molar-refractivity contribution is 7.89. The summed E-state index contributed by atoms with van der Waals surface area (Å²) in [6.07, 6.45) is 0. The van der Waals surface area contributed by atoms with Gasteiger partial charge in [0.2, 0.25) is 10.0 Å². The Labute approximate surface area is 207 Å². The van der Waals surface area contributed by atoms with Crippen molar-refractivity contribution in [2.24, 2.45) is 0 Å². The third-order valence-electron chi connectivity index (χ3n) is 6.33. The predicted octanol–water partition coefficient (Wildman–Crippen LogP) is 4.47. The van der Waals surface area contributed by atoms with Crippen molar-refractivity contribution in [1.29, 1.82) is 0 Å². The lowest BCUT2D eigenvalue weighted by Gasteiger charge is -2.36. The van der Waals surface area contributed by atoms with Gasteiger partial charge in [-0.2, -0.15) is 4.31 Å². The molecule has 0 saturated carbocycles. The maximum atomic E-state index is 13.5. The lowest BCUT2D eigenvalue weighted by atomic mass is 10.1. The molecule has 1 aliphatic rings. The number of carbonyl (C=O) groups excluding carboxylic acids is 1. The van der Waals surface area contributed by atoms with Gasteiger partial charge in [0.05, 0.1) is 17.2 Å². The molecule has 1 aliphatic heterocycles. The predicted molar refractivity (Wildman–Crippen MR) is 139 cm³/mol. The second-order valence-electron chi connectivity index (χ2n) is 8.52. The van der Waals surface area contributed by atoms with Gasteiger partial charge < -0.3 is 15.0 Å². The number of ether oxygens (including phenoxy) is 1. The molecular formula is C27H31N3O4S. The standard InChI is InChI=1S/C27H31N3O4S/c1-4-34-26-14-13-23(19-24(26)28-27(31)22-10-6-5-7-11-22)35(32,33)30-17-15-29(16-18-30)25-12-8-9-20(2)21(25)3/h5-14,19H,4,15-18H2,1-3H3,(H,28,31). The van der Waals surface area contributed by atoms with E-state index in [1.807, 2.05) is 19.1 Å². The van der Waals surface area contributed by atoms with E-state index in [4.69, 9.17) is 4.74 Å². The Morgan fingerprint density at radius 3 is 2.34 bits per heavy atom. The van der Waals surface area contributed by atoms with Gasteiger partial charge in [0, 0.05) is 37.4 Å². The Hall–Kier alpha value is -3.36. The molecule has 0 bridgehead atoms. The van der Waals surface area contributed by atoms with Gasteiger partial charge >= 0.3 is 0 Å². The van der Waals surface area contributed by atoms with Crippen LogP contribution in [0.15, 0.2) is 71.6 Å². The minimum Gasteiger partial charge on any atom is -0.492 e. The van der Waals surface area contributed by atoms with Crippen LogP contribution in [0.5, 0.6) is 5.75 Å². The number of nitrogens with zero attached hydrogens (tertiary/aromatic N) is 2. The SMILES string of the molecule is CCOc1ccc(S(=O)(=O)N2CCN(c3cccc(C)c3C)CC2)cc1NC(=O)c1ccccc1. The van der Waals surface area contributed by atoms with Gasteiger partial charge in [-0.3, -0.25) is 4.79 Å². The number of piperazine rings is 1. The molecule has 0 atom stereocenters. The summed E-state index contributed by atoms with van der Waals surface area (Å²) < 4.78 is 34.1. The molecule has 1 saturated heterocycles. The van der Waals surface area contributed by atoms with Crippen molar-refractivity contribution in [1.82, 2.24) is 4.31 Å². The van der Waals surface area contributed by atoms with E-state index in [0.29, 0.717) is 49.8 Å². The number of sulfonamides is 1. The summed E-state index contributed by atoms with van der Waals surface area (Å²) in [5.41, 5.74) is 4.39. The Kier molecular flexibility index (Phi) is 7.42. The number of anilines is 2. The second kappa shape index (κ2) is 10.5. The maximum absolute atomic E-state index is 13.5. The molecule has 7 nitrogen and oxygen atoms in total. The first kappa shape index (κ1) is 24.8. The van der Waals surface area contributed by atoms with Crippen molar-refractivity contribution in [3.05, 3.63) is 83.4 Å². The summed E-state index contributed by atoms with van der Waals surface area (Å²) in [7, 11) is -3.74. The van der Waals surface area contributed by atoms with E-state index >= 15 is 0 Å². The Morgan fingerprint density at radius 1 is 0.943 bits per heavy atom. The van der Waals surface area contributed by atoms with Crippen molar-refractivity contribution in [3.8, 4) is 5.75 Å². The molecule has 0 unspecified atom stereocenters. The fourth-order valence-electron chi connectivity index (χ4n) is 4.23. The van der Waals surface area contributed by atoms with E-state index in [-0.39, 0.29) is 10.8 Å². The molecule has 1 N–H and O–H groups in total. The number of hydrogen-bond donors (Lipinski definition) is 1. The topological polar surface area (TPSA) is 79.0 Å². The average Bonchev–Trinajstić information content (AvgIpc) is 2.87. The minimum absolute atomic E-state index is 0.129. The number of amides is 1. The van der Waals surface area contributed by atoms with E-state index in [0.717, 1.165) is 5.69 Å². The van der Waals surface area contributed by atoms with Gasteiger partial charge in [-0.1, -0.05) is 30.3 Å². The number of hydrogen-bond acceptors (Lipinski definition) is 5. The van der Waals surface area contributed by atoms with Crippen LogP contribution in [0.4, 0.5) is 11.4 Å². The number of aryl methyl sites for hydroxylation is 1. The molecule has 0 spiro atoms. The Balaban J connectivity index is 1.54. The van der Waals surface area contributed by atoms with Crippen LogP contribution in [-0.4, -0.2) is 51.4 Å². The molecule has 0 radical (unpaired) electrons. The number of nitrogens with one attached hydrogen (secondary N) is 1. The average molecular weight is 494 g/mol. The Morgan fingerprint density at radius 2 is 1.66 bits per heavy atom. The fourth-order valence-corrected chi connectivity index (χ4v) is 5.68. The van der Waals surface area contributed by atoms with Crippen LogP contribution in [0.1, 0.15) is 28.4 Å². The van der Waals surface area contributed by atoms with Crippen LogP contribution >= 0.6 is 0 Å². The summed E-state index contributed by atoms with van der Waals surface area (Å²) in [5, 5.41) is 2.81. The molecule has 4 rings (SSSR count). The zero-order chi connectivity index (χ0) is 25.0. The monoisotopic (exact) mass is 493 g/mol. The van der Waals surface area contributed by atoms with Crippen LogP contribution in [0.2, 0.25) is 0 Å². The molecule has 35 heavy (non-hydrogen) atoms. The van der Waals surface area contributed by atoms with E-state index in [1.54, 1.807) is 30.3 Å². The first-order chi connectivity index (χ1) is 16.8. The van der Waals surface area contributed by atoms with E-state index in [2.05, 4.69) is 36.2 Å². The summed E-state index contributed by atoms with van der Waals surface area (Å²) in [4.78, 5) is 15.1. The molecule has 1 heterocycles. The molecule has 1 fully saturated rings. The van der Waals surface area contributed by atoms with Crippen LogP contribution in [0, 0.1) is 13.8 Å². The van der Waals surface area contributed by atoms with Crippen LogP contribution in [-0.2, 0) is 10.0 Å². The van der Waals surface area contributed by atoms with Crippen molar-refractivity contribution < 1.29 is 17.9 Å². The molecular weight excluding hydrogens is 462 g/mol. The smallest absolute Gasteiger partial charge is 0.255 e. The lowest BCUT2D eigenvalue weighted by molar-refractivity contribution is 0.102. The van der Waals surface area contributed by atoms with Crippen molar-refractivity contribution in [2.75, 3.05) is 43.0 Å². The van der Waals surface area contributed by atoms with Gasteiger partial charge in [0.25, 0.3) is 5.91 Å². The lowest BCUT2D eigenvalue weighted by Crippen LogP contribution is -2.48. The quantitative estimate of drug-likeness (QED) is 0.526. The molecule has 0 aliphatic carbocycles. The van der Waals surface area contributed by atoms with E-state index < -0.39 is 10.0 Å². The maximum Gasteiger partial charge on any atom is 0.255 e. The third-order valence-corrected chi connectivity index (χ3v) is 8.22. The van der Waals surface area contributed by atoms with Gasteiger partial charge in [-0.15, -0.1) is 0 Å². The fraction of sp³-hybridized carbons (Fsp3) is 0.296. The first-order valence-electron chi connectivity index (χ1n) is 11.8. The van der Waals surface area contributed by atoms with Gasteiger partial charge in [0.1, 0.15) is 5.75 Å². The van der Waals surface area contributed by atoms with Crippen molar-refractivity contribution in [2.45, 2.75) is 25.7 Å². The van der Waals surface area contributed by atoms with Gasteiger partial charge in [-0.05, 0) is 68.3 Å². The van der Waals surface area contributed by atoms with E-state index in [9.17, 15) is 13.2 Å². The van der Waals surface area contributed by atoms with Gasteiger partial charge in [0.15, 0.2) is 0 Å². The van der Waals surface area contributed by atoms with Crippen LogP contribution in [0.3, 0.4) is 0 Å². The number of benzene rings is 3. The summed E-state index contributed by atoms with van der Waals surface area (Å²) >= 11 is 0. The highest BCUT2D eigenvalue weighted by Crippen LogP contribution is 2.31. The number of carbonyl (C=O) groups is 1. The first-order valence-corrected chi connectivity index (χ1v) is 13.2. The van der Waals surface area contributed by atoms with Crippen LogP contribution in [0.25, 0.3) is 0 Å². The van der Waals surface area contributed by atoms with Gasteiger partial charge in [-0.25, -0.2) is 8.42 Å². The molecule has 8 heteroatoms. The second-order valence-corrected chi connectivity index (χ2v) is 10.5. The molecule has 1 amide bonds. The van der Waals surface area contributed by atoms with E-state index in [1.165, 1.54) is 27.6 Å². The highest BCUT2D eigenvalue weighted by Gasteiger charge is 2.30. The number of rotatable bonds is 7. The van der Waals surface area contributed by atoms with Crippen molar-refractivity contribution >= 4 is 27.3 Å². The molecule has 0 aromatic heterocycles. The normalized spacial score (nSPS) is 14.5. The summed E-state index contributed by atoms with van der Waals surface area (Å²) in [5.74, 6) is 0.0960. The largest absolute Gasteiger partial charge is 0.492 e. The molecule has 184 valence electrons. The minimum atomic E-state index is -3.74. The summed E-state index contributed by atoms with van der Waals surface area (Å²) in [6, 6.07) is 19.6. The Bertz CT molecular complexity index is 1300. The molecule has 3 aromatic carbocycles. The molecule has 3 aromatic rings. The third kappa shape index (κ3) is 5.33. The summed E-state index contributed by atoms with van der Waals surface area (Å²) in [6.45, 7) is 8.39. The zero-order valence-corrected chi connectivity index (χ0v) is 21.1. The van der Waals surface area contributed by atoms with Crippen molar-refractivity contribution in [3.63, 3.8) is 0 Å².